The zero-order valence-electron chi connectivity index (χ0n) is 9.40. The highest BCUT2D eigenvalue weighted by Gasteiger charge is 2.07. The fourth-order valence-electron chi connectivity index (χ4n) is 1.45. The summed E-state index contributed by atoms with van der Waals surface area (Å²) in [5.41, 5.74) is 5.76. The number of nitrogens with two attached hydrogens (primary N) is 1. The van der Waals surface area contributed by atoms with E-state index in [4.69, 9.17) is 5.73 Å². The maximum Gasteiger partial charge on any atom is 0.110 e. The molecule has 1 heterocycles. The van der Waals surface area contributed by atoms with E-state index in [9.17, 15) is 0 Å². The van der Waals surface area contributed by atoms with Crippen molar-refractivity contribution in [2.45, 2.75) is 46.2 Å². The molecule has 0 spiro atoms. The van der Waals surface area contributed by atoms with E-state index in [1.807, 2.05) is 19.3 Å². The van der Waals surface area contributed by atoms with Gasteiger partial charge >= 0.3 is 0 Å². The first-order chi connectivity index (χ1) is 6.63. The molecule has 0 aliphatic carbocycles. The first-order valence-electron chi connectivity index (χ1n) is 5.39. The molecule has 1 rings (SSSR count). The normalized spacial score (nSPS) is 15.4. The molecule has 3 heteroatoms. The van der Waals surface area contributed by atoms with Crippen LogP contribution in [0, 0.1) is 5.92 Å². The van der Waals surface area contributed by atoms with Crippen LogP contribution in [0.1, 0.15) is 33.0 Å². The van der Waals surface area contributed by atoms with Crippen LogP contribution in [0.5, 0.6) is 0 Å². The van der Waals surface area contributed by atoms with E-state index < -0.39 is 0 Å². The largest absolute Gasteiger partial charge is 0.335 e. The molecule has 14 heavy (non-hydrogen) atoms. The molecule has 0 aliphatic heterocycles. The lowest BCUT2D eigenvalue weighted by Crippen LogP contribution is -2.21. The highest BCUT2D eigenvalue weighted by Crippen LogP contribution is 2.08. The van der Waals surface area contributed by atoms with Gasteiger partial charge in [-0.3, -0.25) is 0 Å². The fourth-order valence-corrected chi connectivity index (χ4v) is 1.45. The van der Waals surface area contributed by atoms with Crippen LogP contribution in [0.15, 0.2) is 12.4 Å². The van der Waals surface area contributed by atoms with Gasteiger partial charge in [-0.05, 0) is 12.8 Å². The first-order valence-corrected chi connectivity index (χ1v) is 5.39. The molecule has 0 bridgehead atoms. The first kappa shape index (κ1) is 11.2. The molecule has 1 aromatic rings. The summed E-state index contributed by atoms with van der Waals surface area (Å²) in [6, 6.07) is 0.188. The van der Waals surface area contributed by atoms with Gasteiger partial charge in [-0.25, -0.2) is 4.98 Å². The molecule has 0 fully saturated rings. The molecule has 80 valence electrons. The molecular weight excluding hydrogens is 174 g/mol. The lowest BCUT2D eigenvalue weighted by atomic mass is 10.1. The second-order valence-corrected chi connectivity index (χ2v) is 4.19. The van der Waals surface area contributed by atoms with E-state index in [1.165, 1.54) is 6.42 Å². The second-order valence-electron chi connectivity index (χ2n) is 4.19. The average Bonchev–Trinajstić information content (AvgIpc) is 2.52. The summed E-state index contributed by atoms with van der Waals surface area (Å²) in [6.45, 7) is 7.54. The maximum atomic E-state index is 5.76. The van der Waals surface area contributed by atoms with Gasteiger partial charge in [-0.2, -0.15) is 0 Å². The molecule has 0 aromatic carbocycles. The van der Waals surface area contributed by atoms with Crippen LogP contribution in [0.3, 0.4) is 0 Å². The molecule has 2 N–H and O–H groups in total. The Bertz CT molecular complexity index is 265. The van der Waals surface area contributed by atoms with Gasteiger partial charge in [-0.15, -0.1) is 0 Å². The van der Waals surface area contributed by atoms with Crippen molar-refractivity contribution in [2.75, 3.05) is 0 Å². The summed E-state index contributed by atoms with van der Waals surface area (Å²) in [7, 11) is 0. The second kappa shape index (κ2) is 5.15. The van der Waals surface area contributed by atoms with Gasteiger partial charge in [0, 0.05) is 31.4 Å². The highest BCUT2D eigenvalue weighted by atomic mass is 15.1. The van der Waals surface area contributed by atoms with E-state index in [-0.39, 0.29) is 6.04 Å². The van der Waals surface area contributed by atoms with Gasteiger partial charge in [-0.1, -0.05) is 20.3 Å². The summed E-state index contributed by atoms with van der Waals surface area (Å²) in [6.07, 6.45) is 5.98. The van der Waals surface area contributed by atoms with E-state index >= 15 is 0 Å². The Morgan fingerprint density at radius 1 is 1.50 bits per heavy atom. The van der Waals surface area contributed by atoms with Crippen LogP contribution >= 0.6 is 0 Å². The van der Waals surface area contributed by atoms with E-state index in [0.29, 0.717) is 5.92 Å². The van der Waals surface area contributed by atoms with Crippen LogP contribution < -0.4 is 5.73 Å². The lowest BCUT2D eigenvalue weighted by molar-refractivity contribution is 0.454. The maximum absolute atomic E-state index is 5.76. The molecule has 0 amide bonds. The van der Waals surface area contributed by atoms with Crippen LogP contribution in [0.25, 0.3) is 0 Å². The molecule has 3 nitrogen and oxygen atoms in total. The minimum atomic E-state index is 0.188. The number of hydrogen-bond donors (Lipinski definition) is 1. The van der Waals surface area contributed by atoms with Gasteiger partial charge in [0.15, 0.2) is 0 Å². The number of imidazole rings is 1. The topological polar surface area (TPSA) is 43.8 Å². The smallest absolute Gasteiger partial charge is 0.110 e. The predicted molar refractivity (Wildman–Crippen MR) is 59.0 cm³/mol. The van der Waals surface area contributed by atoms with Crippen molar-refractivity contribution in [3.8, 4) is 0 Å². The summed E-state index contributed by atoms with van der Waals surface area (Å²) >= 11 is 0. The van der Waals surface area contributed by atoms with Crippen molar-refractivity contribution in [2.24, 2.45) is 11.7 Å². The molecule has 0 aliphatic rings. The van der Waals surface area contributed by atoms with Crippen molar-refractivity contribution in [3.05, 3.63) is 18.2 Å². The highest BCUT2D eigenvalue weighted by molar-refractivity contribution is 4.94. The van der Waals surface area contributed by atoms with Crippen molar-refractivity contribution < 1.29 is 0 Å². The van der Waals surface area contributed by atoms with Gasteiger partial charge in [0.25, 0.3) is 0 Å². The third kappa shape index (κ3) is 3.14. The third-order valence-electron chi connectivity index (χ3n) is 2.51. The lowest BCUT2D eigenvalue weighted by Gasteiger charge is -2.13. The van der Waals surface area contributed by atoms with Crippen LogP contribution in [0.2, 0.25) is 0 Å². The Hall–Kier alpha value is -0.830. The average molecular weight is 195 g/mol. The van der Waals surface area contributed by atoms with Gasteiger partial charge in [0.1, 0.15) is 5.82 Å². The Balaban J connectivity index is 2.62. The van der Waals surface area contributed by atoms with Crippen molar-refractivity contribution in [1.82, 2.24) is 9.55 Å². The predicted octanol–water partition coefficient (Wildman–Crippen LogP) is 1.82. The van der Waals surface area contributed by atoms with Crippen molar-refractivity contribution >= 4 is 0 Å². The standard InChI is InChI=1S/C11H21N3/c1-4-9(2)8-14-6-5-13-11(14)7-10(3)12/h5-6,9-10H,4,7-8,12H2,1-3H3. The summed E-state index contributed by atoms with van der Waals surface area (Å²) in [5.74, 6) is 1.82. The Labute approximate surface area is 86.3 Å². The van der Waals surface area contributed by atoms with Gasteiger partial charge < -0.3 is 10.3 Å². The molecule has 0 radical (unpaired) electrons. The van der Waals surface area contributed by atoms with Crippen LogP contribution in [-0.2, 0) is 13.0 Å². The zero-order valence-corrected chi connectivity index (χ0v) is 9.40. The number of rotatable bonds is 5. The van der Waals surface area contributed by atoms with E-state index in [0.717, 1.165) is 18.8 Å². The minimum Gasteiger partial charge on any atom is -0.335 e. The Morgan fingerprint density at radius 3 is 2.79 bits per heavy atom. The fraction of sp³-hybridized carbons (Fsp3) is 0.727. The molecule has 2 atom stereocenters. The molecule has 2 unspecified atom stereocenters. The monoisotopic (exact) mass is 195 g/mol. The summed E-state index contributed by atoms with van der Waals surface area (Å²) in [5, 5.41) is 0. The Kier molecular flexibility index (Phi) is 4.14. The third-order valence-corrected chi connectivity index (χ3v) is 2.51. The van der Waals surface area contributed by atoms with Crippen LogP contribution in [0.4, 0.5) is 0 Å². The van der Waals surface area contributed by atoms with Gasteiger partial charge in [0.2, 0.25) is 0 Å². The summed E-state index contributed by atoms with van der Waals surface area (Å²) in [4.78, 5) is 4.33. The Morgan fingerprint density at radius 2 is 2.21 bits per heavy atom. The quantitative estimate of drug-likeness (QED) is 0.779. The number of aromatic nitrogens is 2. The van der Waals surface area contributed by atoms with E-state index in [2.05, 4.69) is 23.4 Å². The summed E-state index contributed by atoms with van der Waals surface area (Å²) < 4.78 is 2.22. The molecular formula is C11H21N3. The van der Waals surface area contributed by atoms with Crippen LogP contribution in [-0.4, -0.2) is 15.6 Å². The van der Waals surface area contributed by atoms with Gasteiger partial charge in [0.05, 0.1) is 0 Å². The number of nitrogens with zero attached hydrogens (tertiary/aromatic N) is 2. The number of hydrogen-bond acceptors (Lipinski definition) is 2. The van der Waals surface area contributed by atoms with E-state index in [1.54, 1.807) is 0 Å². The van der Waals surface area contributed by atoms with Crippen molar-refractivity contribution in [1.29, 1.82) is 0 Å². The molecule has 0 saturated carbocycles. The minimum absolute atomic E-state index is 0.188. The molecule has 1 aromatic heterocycles. The zero-order chi connectivity index (χ0) is 10.6. The SMILES string of the molecule is CCC(C)Cn1ccnc1CC(C)N. The molecule has 0 saturated heterocycles. The van der Waals surface area contributed by atoms with Crippen molar-refractivity contribution in [3.63, 3.8) is 0 Å².